The number of rotatable bonds is 5. The third-order valence-corrected chi connectivity index (χ3v) is 3.35. The lowest BCUT2D eigenvalue weighted by molar-refractivity contribution is 0.272. The molecule has 72 valence electrons. The topological polar surface area (TPSA) is 3.24 Å². The van der Waals surface area contributed by atoms with Gasteiger partial charge in [0.15, 0.2) is 0 Å². The maximum absolute atomic E-state index is 4.29. The van der Waals surface area contributed by atoms with Crippen LogP contribution in [-0.4, -0.2) is 23.2 Å². The van der Waals surface area contributed by atoms with Crippen LogP contribution in [0.25, 0.3) is 0 Å². The van der Waals surface area contributed by atoms with E-state index < -0.39 is 0 Å². The monoisotopic (exact) mass is 213 g/mol. The Balaban J connectivity index is 1.89. The molecule has 0 radical (unpaired) electrons. The molecule has 1 aromatic heterocycles. The summed E-state index contributed by atoms with van der Waals surface area (Å²) in [6.45, 7) is 2.25. The molecular weight excluding hydrogens is 198 g/mol. The molecule has 0 N–H and O–H groups in total. The summed E-state index contributed by atoms with van der Waals surface area (Å²) in [5.41, 5.74) is 1.46. The number of thiophene rings is 1. The van der Waals surface area contributed by atoms with Crippen LogP contribution in [0.4, 0.5) is 0 Å². The summed E-state index contributed by atoms with van der Waals surface area (Å²) in [5.74, 6) is 0.973. The van der Waals surface area contributed by atoms with Gasteiger partial charge >= 0.3 is 0 Å². The Kier molecular flexibility index (Phi) is 3.30. The summed E-state index contributed by atoms with van der Waals surface area (Å²) in [6.07, 6.45) is 2.77. The van der Waals surface area contributed by atoms with Crippen LogP contribution in [0.15, 0.2) is 16.8 Å². The van der Waals surface area contributed by atoms with Gasteiger partial charge in [-0.2, -0.15) is 24.0 Å². The van der Waals surface area contributed by atoms with E-state index in [2.05, 4.69) is 34.4 Å². The maximum atomic E-state index is 4.29. The van der Waals surface area contributed by atoms with E-state index in [1.165, 1.54) is 18.4 Å². The first-order valence-electron chi connectivity index (χ1n) is 4.76. The summed E-state index contributed by atoms with van der Waals surface area (Å²) in [4.78, 5) is 2.55. The van der Waals surface area contributed by atoms with Gasteiger partial charge in [0.25, 0.3) is 0 Å². The third kappa shape index (κ3) is 2.73. The van der Waals surface area contributed by atoms with Crippen molar-refractivity contribution in [3.05, 3.63) is 22.4 Å². The zero-order valence-corrected chi connectivity index (χ0v) is 9.36. The summed E-state index contributed by atoms with van der Waals surface area (Å²) >= 11 is 6.08. The molecule has 0 aliphatic heterocycles. The van der Waals surface area contributed by atoms with E-state index in [-0.39, 0.29) is 0 Å². The summed E-state index contributed by atoms with van der Waals surface area (Å²) in [7, 11) is 0. The highest BCUT2D eigenvalue weighted by molar-refractivity contribution is 7.80. The maximum Gasteiger partial charge on any atom is 0.0245 e. The fraction of sp³-hybridized carbons (Fsp3) is 0.600. The minimum absolute atomic E-state index is 0.854. The molecule has 0 aromatic carbocycles. The Labute approximate surface area is 89.2 Å². The molecule has 0 bridgehead atoms. The van der Waals surface area contributed by atoms with Crippen LogP contribution in [0.2, 0.25) is 0 Å². The van der Waals surface area contributed by atoms with E-state index in [4.69, 9.17) is 0 Å². The standard InChI is InChI=1S/C10H15NS2/c12-5-4-11(10-1-2-10)7-9-3-6-13-8-9/h3,6,8,10,12H,1-2,4-5,7H2. The first-order chi connectivity index (χ1) is 6.40. The summed E-state index contributed by atoms with van der Waals surface area (Å²) in [5, 5.41) is 4.40. The largest absolute Gasteiger partial charge is 0.295 e. The molecule has 0 unspecified atom stereocenters. The van der Waals surface area contributed by atoms with Gasteiger partial charge in [0, 0.05) is 24.9 Å². The Morgan fingerprint density at radius 2 is 2.38 bits per heavy atom. The normalized spacial score (nSPS) is 16.8. The highest BCUT2D eigenvalue weighted by Crippen LogP contribution is 2.28. The van der Waals surface area contributed by atoms with Crippen LogP contribution in [0.5, 0.6) is 0 Å². The highest BCUT2D eigenvalue weighted by Gasteiger charge is 2.28. The van der Waals surface area contributed by atoms with Crippen molar-refractivity contribution in [1.82, 2.24) is 4.90 Å². The van der Waals surface area contributed by atoms with Crippen LogP contribution in [0, 0.1) is 0 Å². The van der Waals surface area contributed by atoms with E-state index in [0.29, 0.717) is 0 Å². The first kappa shape index (κ1) is 9.56. The predicted molar refractivity (Wildman–Crippen MR) is 61.6 cm³/mol. The summed E-state index contributed by atoms with van der Waals surface area (Å²) < 4.78 is 0. The molecule has 1 aromatic rings. The predicted octanol–water partition coefficient (Wildman–Crippen LogP) is 2.64. The second-order valence-corrected chi connectivity index (χ2v) is 4.78. The van der Waals surface area contributed by atoms with Gasteiger partial charge in [0.05, 0.1) is 0 Å². The lowest BCUT2D eigenvalue weighted by atomic mass is 10.3. The molecule has 1 fully saturated rings. The molecule has 0 amide bonds. The van der Waals surface area contributed by atoms with Crippen molar-refractivity contribution in [1.29, 1.82) is 0 Å². The third-order valence-electron chi connectivity index (χ3n) is 2.42. The lowest BCUT2D eigenvalue weighted by Gasteiger charge is -2.19. The van der Waals surface area contributed by atoms with Gasteiger partial charge in [0.2, 0.25) is 0 Å². The Morgan fingerprint density at radius 3 is 2.92 bits per heavy atom. The van der Waals surface area contributed by atoms with Crippen molar-refractivity contribution in [2.24, 2.45) is 0 Å². The minimum Gasteiger partial charge on any atom is -0.295 e. The SMILES string of the molecule is SCCN(Cc1ccsc1)C1CC1. The van der Waals surface area contributed by atoms with E-state index in [1.54, 1.807) is 11.3 Å². The molecule has 1 aliphatic rings. The molecule has 1 nitrogen and oxygen atoms in total. The second-order valence-electron chi connectivity index (χ2n) is 3.56. The smallest absolute Gasteiger partial charge is 0.0245 e. The van der Waals surface area contributed by atoms with Crippen molar-refractivity contribution >= 4 is 24.0 Å². The molecule has 1 heterocycles. The van der Waals surface area contributed by atoms with Crippen LogP contribution in [-0.2, 0) is 6.54 Å². The molecule has 13 heavy (non-hydrogen) atoms. The quantitative estimate of drug-likeness (QED) is 0.736. The van der Waals surface area contributed by atoms with Crippen LogP contribution >= 0.6 is 24.0 Å². The molecule has 1 aliphatic carbocycles. The Morgan fingerprint density at radius 1 is 1.54 bits per heavy atom. The van der Waals surface area contributed by atoms with Crippen molar-refractivity contribution < 1.29 is 0 Å². The fourth-order valence-corrected chi connectivity index (χ4v) is 2.49. The first-order valence-corrected chi connectivity index (χ1v) is 6.33. The van der Waals surface area contributed by atoms with Gasteiger partial charge in [-0.15, -0.1) is 0 Å². The lowest BCUT2D eigenvalue weighted by Crippen LogP contribution is -2.27. The molecular formula is C10H15NS2. The number of hydrogen-bond donors (Lipinski definition) is 1. The van der Waals surface area contributed by atoms with E-state index in [0.717, 1.165) is 24.9 Å². The van der Waals surface area contributed by atoms with Gasteiger partial charge in [-0.3, -0.25) is 4.90 Å². The molecule has 0 spiro atoms. The molecule has 2 rings (SSSR count). The van der Waals surface area contributed by atoms with Crippen molar-refractivity contribution in [2.45, 2.75) is 25.4 Å². The van der Waals surface area contributed by atoms with Crippen LogP contribution in [0.1, 0.15) is 18.4 Å². The van der Waals surface area contributed by atoms with Gasteiger partial charge in [0.1, 0.15) is 0 Å². The van der Waals surface area contributed by atoms with E-state index in [9.17, 15) is 0 Å². The Bertz CT molecular complexity index is 241. The van der Waals surface area contributed by atoms with E-state index in [1.807, 2.05) is 0 Å². The number of hydrogen-bond acceptors (Lipinski definition) is 3. The Hall–Kier alpha value is 0.01000. The zero-order chi connectivity index (χ0) is 9.10. The number of thiol groups is 1. The number of nitrogens with zero attached hydrogens (tertiary/aromatic N) is 1. The summed E-state index contributed by atoms with van der Waals surface area (Å²) in [6, 6.07) is 3.07. The van der Waals surface area contributed by atoms with Gasteiger partial charge in [-0.1, -0.05) is 0 Å². The zero-order valence-electron chi connectivity index (χ0n) is 7.65. The van der Waals surface area contributed by atoms with E-state index >= 15 is 0 Å². The van der Waals surface area contributed by atoms with Crippen LogP contribution in [0.3, 0.4) is 0 Å². The average molecular weight is 213 g/mol. The van der Waals surface area contributed by atoms with Crippen molar-refractivity contribution in [2.75, 3.05) is 12.3 Å². The molecule has 0 atom stereocenters. The van der Waals surface area contributed by atoms with Gasteiger partial charge in [-0.05, 0) is 35.2 Å². The molecule has 3 heteroatoms. The molecule has 1 saturated carbocycles. The minimum atomic E-state index is 0.854. The molecule has 0 saturated heterocycles. The average Bonchev–Trinajstić information content (AvgIpc) is 2.85. The second kappa shape index (κ2) is 4.49. The highest BCUT2D eigenvalue weighted by atomic mass is 32.1. The van der Waals surface area contributed by atoms with Gasteiger partial charge in [-0.25, -0.2) is 0 Å². The van der Waals surface area contributed by atoms with Crippen LogP contribution < -0.4 is 0 Å². The van der Waals surface area contributed by atoms with Crippen molar-refractivity contribution in [3.63, 3.8) is 0 Å². The van der Waals surface area contributed by atoms with Gasteiger partial charge < -0.3 is 0 Å². The van der Waals surface area contributed by atoms with Crippen molar-refractivity contribution in [3.8, 4) is 0 Å². The fourth-order valence-electron chi connectivity index (χ4n) is 1.58.